The van der Waals surface area contributed by atoms with Crippen LogP contribution in [-0.2, 0) is 6.42 Å². The van der Waals surface area contributed by atoms with Crippen molar-refractivity contribution in [2.45, 2.75) is 44.7 Å². The molecule has 7 heteroatoms. The summed E-state index contributed by atoms with van der Waals surface area (Å²) < 4.78 is 22.0. The van der Waals surface area contributed by atoms with E-state index in [-0.39, 0.29) is 18.0 Å². The molecule has 2 aliphatic rings. The lowest BCUT2D eigenvalue weighted by Gasteiger charge is -2.44. The average Bonchev–Trinajstić information content (AvgIpc) is 2.86. The van der Waals surface area contributed by atoms with Gasteiger partial charge in [-0.25, -0.2) is 0 Å². The van der Waals surface area contributed by atoms with Gasteiger partial charge in [-0.2, -0.15) is 0 Å². The Balaban J connectivity index is 1.34. The Morgan fingerprint density at radius 3 is 2.38 bits per heavy atom. The maximum absolute atomic E-state index is 13.5. The normalized spacial score (nSPS) is 20.6. The highest BCUT2D eigenvalue weighted by Gasteiger charge is 2.37. The number of carbonyl (C=O) groups is 1. The zero-order chi connectivity index (χ0) is 24.1. The predicted molar refractivity (Wildman–Crippen MR) is 131 cm³/mol. The lowest BCUT2D eigenvalue weighted by Crippen LogP contribution is -2.55. The quantitative estimate of drug-likeness (QED) is 0.518. The van der Waals surface area contributed by atoms with E-state index < -0.39 is 0 Å². The van der Waals surface area contributed by atoms with Gasteiger partial charge in [0.05, 0.1) is 27.9 Å². The molecule has 2 aromatic rings. The van der Waals surface area contributed by atoms with Crippen molar-refractivity contribution in [1.82, 2.24) is 9.80 Å². The van der Waals surface area contributed by atoms with E-state index in [1.807, 2.05) is 36.4 Å². The fourth-order valence-electron chi connectivity index (χ4n) is 5.18. The van der Waals surface area contributed by atoms with Crippen molar-refractivity contribution in [3.05, 3.63) is 47.5 Å². The van der Waals surface area contributed by atoms with Crippen LogP contribution < -0.4 is 18.9 Å². The van der Waals surface area contributed by atoms with E-state index in [4.69, 9.17) is 18.9 Å². The van der Waals surface area contributed by atoms with Gasteiger partial charge < -0.3 is 28.7 Å². The standard InChI is InChI=1S/C27H36N2O5/c1-19-15-20-16-25(32-3)26(33-4)17-24(20)27(30)29(19)21-7-5-12-28(18-21)13-6-14-34-23-10-8-22(31-2)9-11-23/h8-11,16-17,19,21H,5-7,12-15,18H2,1-4H3. The zero-order valence-electron chi connectivity index (χ0n) is 20.7. The average molecular weight is 469 g/mol. The molecule has 1 amide bonds. The summed E-state index contributed by atoms with van der Waals surface area (Å²) in [4.78, 5) is 18.1. The smallest absolute Gasteiger partial charge is 0.254 e. The zero-order valence-corrected chi connectivity index (χ0v) is 20.7. The first-order valence-corrected chi connectivity index (χ1v) is 12.1. The summed E-state index contributed by atoms with van der Waals surface area (Å²) in [5.41, 5.74) is 1.77. The summed E-state index contributed by atoms with van der Waals surface area (Å²) in [6.07, 6.45) is 3.91. The predicted octanol–water partition coefficient (Wildman–Crippen LogP) is 4.03. The lowest BCUT2D eigenvalue weighted by atomic mass is 9.90. The topological polar surface area (TPSA) is 60.5 Å². The molecule has 2 aliphatic heterocycles. The van der Waals surface area contributed by atoms with Gasteiger partial charge in [-0.3, -0.25) is 4.79 Å². The maximum atomic E-state index is 13.5. The Hall–Kier alpha value is -2.93. The van der Waals surface area contributed by atoms with Gasteiger partial charge in [0.1, 0.15) is 11.5 Å². The van der Waals surface area contributed by atoms with Gasteiger partial charge in [0, 0.05) is 30.7 Å². The third-order valence-corrected chi connectivity index (χ3v) is 6.89. The van der Waals surface area contributed by atoms with Gasteiger partial charge in [-0.1, -0.05) is 0 Å². The number of methoxy groups -OCH3 is 3. The van der Waals surface area contributed by atoms with Gasteiger partial charge in [0.25, 0.3) is 5.91 Å². The van der Waals surface area contributed by atoms with Crippen molar-refractivity contribution in [2.75, 3.05) is 47.6 Å². The molecule has 184 valence electrons. The highest BCUT2D eigenvalue weighted by molar-refractivity contribution is 5.98. The molecule has 1 fully saturated rings. The minimum Gasteiger partial charge on any atom is -0.497 e. The number of hydrogen-bond donors (Lipinski definition) is 0. The number of ether oxygens (including phenoxy) is 4. The van der Waals surface area contributed by atoms with Gasteiger partial charge in [-0.15, -0.1) is 0 Å². The van der Waals surface area contributed by atoms with Crippen LogP contribution in [0.1, 0.15) is 42.1 Å². The third kappa shape index (κ3) is 5.25. The van der Waals surface area contributed by atoms with Gasteiger partial charge in [0.15, 0.2) is 11.5 Å². The van der Waals surface area contributed by atoms with Gasteiger partial charge in [-0.05, 0) is 81.1 Å². The largest absolute Gasteiger partial charge is 0.497 e. The Bertz CT molecular complexity index is 978. The first-order chi connectivity index (χ1) is 16.5. The second-order valence-corrected chi connectivity index (χ2v) is 9.10. The third-order valence-electron chi connectivity index (χ3n) is 6.89. The molecule has 2 heterocycles. The number of nitrogens with zero attached hydrogens (tertiary/aromatic N) is 2. The minimum absolute atomic E-state index is 0.101. The minimum atomic E-state index is 0.101. The highest BCUT2D eigenvalue weighted by atomic mass is 16.5. The van der Waals surface area contributed by atoms with E-state index in [2.05, 4.69) is 16.7 Å². The summed E-state index contributed by atoms with van der Waals surface area (Å²) in [6.45, 7) is 5.75. The number of rotatable bonds is 9. The van der Waals surface area contributed by atoms with E-state index in [0.717, 1.165) is 67.9 Å². The van der Waals surface area contributed by atoms with Crippen LogP contribution in [0.3, 0.4) is 0 Å². The maximum Gasteiger partial charge on any atom is 0.254 e. The van der Waals surface area contributed by atoms with Crippen molar-refractivity contribution < 1.29 is 23.7 Å². The molecule has 2 atom stereocenters. The Morgan fingerprint density at radius 1 is 0.971 bits per heavy atom. The molecule has 0 N–H and O–H groups in total. The molecule has 0 aromatic heterocycles. The van der Waals surface area contributed by atoms with Gasteiger partial charge >= 0.3 is 0 Å². The van der Waals surface area contributed by atoms with Crippen molar-refractivity contribution in [3.63, 3.8) is 0 Å². The van der Waals surface area contributed by atoms with Crippen LogP contribution in [0.5, 0.6) is 23.0 Å². The number of carbonyl (C=O) groups excluding carboxylic acids is 1. The van der Waals surface area contributed by atoms with Gasteiger partial charge in [0.2, 0.25) is 0 Å². The van der Waals surface area contributed by atoms with E-state index in [1.165, 1.54) is 0 Å². The summed E-state index contributed by atoms with van der Waals surface area (Å²) in [5.74, 6) is 3.07. The molecule has 0 radical (unpaired) electrons. The van der Waals surface area contributed by atoms with E-state index in [9.17, 15) is 4.79 Å². The number of likely N-dealkylation sites (tertiary alicyclic amines) is 1. The second-order valence-electron chi connectivity index (χ2n) is 9.10. The molecule has 34 heavy (non-hydrogen) atoms. The number of amides is 1. The summed E-state index contributed by atoms with van der Waals surface area (Å²) in [5, 5.41) is 0. The number of piperidine rings is 1. The van der Waals surface area contributed by atoms with Crippen LogP contribution in [0.4, 0.5) is 0 Å². The Labute approximate surface area is 202 Å². The number of benzene rings is 2. The second kappa shape index (κ2) is 11.0. The molecular formula is C27H36N2O5. The Kier molecular flexibility index (Phi) is 7.83. The molecule has 4 rings (SSSR count). The number of fused-ring (bicyclic) bond motifs is 1. The van der Waals surface area contributed by atoms with E-state index in [1.54, 1.807) is 21.3 Å². The SMILES string of the molecule is COc1ccc(OCCCN2CCCC(N3C(=O)c4cc(OC)c(OC)cc4CC3C)C2)cc1. The molecule has 2 aromatic carbocycles. The van der Waals surface area contributed by atoms with Crippen LogP contribution in [0, 0.1) is 0 Å². The monoisotopic (exact) mass is 468 g/mol. The molecule has 0 bridgehead atoms. The van der Waals surface area contributed by atoms with Crippen LogP contribution >= 0.6 is 0 Å². The molecule has 2 unspecified atom stereocenters. The van der Waals surface area contributed by atoms with Crippen molar-refractivity contribution in [3.8, 4) is 23.0 Å². The summed E-state index contributed by atoms with van der Waals surface area (Å²) in [7, 11) is 4.89. The summed E-state index contributed by atoms with van der Waals surface area (Å²) in [6, 6.07) is 11.9. The molecule has 0 aliphatic carbocycles. The first kappa shape index (κ1) is 24.2. The van der Waals surface area contributed by atoms with Crippen LogP contribution in [0.15, 0.2) is 36.4 Å². The lowest BCUT2D eigenvalue weighted by molar-refractivity contribution is 0.0391. The fraction of sp³-hybridized carbons (Fsp3) is 0.519. The number of hydrogen-bond acceptors (Lipinski definition) is 6. The van der Waals surface area contributed by atoms with E-state index in [0.29, 0.717) is 18.1 Å². The van der Waals surface area contributed by atoms with Crippen molar-refractivity contribution >= 4 is 5.91 Å². The van der Waals surface area contributed by atoms with Crippen LogP contribution in [-0.4, -0.2) is 75.4 Å². The highest BCUT2D eigenvalue weighted by Crippen LogP contribution is 2.36. The van der Waals surface area contributed by atoms with Crippen molar-refractivity contribution in [2.24, 2.45) is 0 Å². The first-order valence-electron chi connectivity index (χ1n) is 12.1. The van der Waals surface area contributed by atoms with Crippen LogP contribution in [0.2, 0.25) is 0 Å². The van der Waals surface area contributed by atoms with Crippen LogP contribution in [0.25, 0.3) is 0 Å². The van der Waals surface area contributed by atoms with E-state index >= 15 is 0 Å². The van der Waals surface area contributed by atoms with Crippen molar-refractivity contribution in [1.29, 1.82) is 0 Å². The molecular weight excluding hydrogens is 432 g/mol. The summed E-state index contributed by atoms with van der Waals surface area (Å²) >= 11 is 0. The Morgan fingerprint density at radius 2 is 1.68 bits per heavy atom. The molecule has 7 nitrogen and oxygen atoms in total. The molecule has 0 saturated carbocycles. The molecule has 0 spiro atoms. The fourth-order valence-corrected chi connectivity index (χ4v) is 5.18. The molecule has 1 saturated heterocycles.